The molecular formula is C15H28IN5O2. The van der Waals surface area contributed by atoms with E-state index in [-0.39, 0.29) is 29.9 Å². The van der Waals surface area contributed by atoms with Crippen LogP contribution in [-0.4, -0.2) is 49.6 Å². The number of guanidine groups is 1. The maximum Gasteiger partial charge on any atom is 0.223 e. The second-order valence-electron chi connectivity index (χ2n) is 5.13. The van der Waals surface area contributed by atoms with E-state index < -0.39 is 0 Å². The standard InChI is InChI=1S/C15H27N5O2.HI/c1-6-12-11(13(7-2)22-19-12)10-18-15(16-3)17-9-8-14(21)20(4)5;/h6-10H2,1-5H3,(H2,16,17,18);1H. The molecule has 1 aromatic heterocycles. The summed E-state index contributed by atoms with van der Waals surface area (Å²) in [4.78, 5) is 17.3. The fourth-order valence-electron chi connectivity index (χ4n) is 2.04. The zero-order chi connectivity index (χ0) is 16.5. The number of aliphatic imine (C=N–C) groups is 1. The maximum absolute atomic E-state index is 11.5. The molecule has 23 heavy (non-hydrogen) atoms. The summed E-state index contributed by atoms with van der Waals surface area (Å²) < 4.78 is 5.34. The molecule has 1 aromatic rings. The Morgan fingerprint density at radius 2 is 1.96 bits per heavy atom. The average molecular weight is 437 g/mol. The first kappa shape index (κ1) is 21.7. The molecule has 0 fully saturated rings. The van der Waals surface area contributed by atoms with Crippen LogP contribution in [0.5, 0.6) is 0 Å². The lowest BCUT2D eigenvalue weighted by molar-refractivity contribution is -0.128. The minimum atomic E-state index is 0. The summed E-state index contributed by atoms with van der Waals surface area (Å²) in [6.07, 6.45) is 2.08. The fourth-order valence-corrected chi connectivity index (χ4v) is 2.04. The van der Waals surface area contributed by atoms with Gasteiger partial charge in [0.05, 0.1) is 5.69 Å². The Morgan fingerprint density at radius 1 is 1.26 bits per heavy atom. The molecule has 0 bridgehead atoms. The maximum atomic E-state index is 11.5. The zero-order valence-electron chi connectivity index (χ0n) is 14.6. The van der Waals surface area contributed by atoms with E-state index in [1.54, 1.807) is 26.0 Å². The quantitative estimate of drug-likeness (QED) is 0.385. The fraction of sp³-hybridized carbons (Fsp3) is 0.667. The van der Waals surface area contributed by atoms with Gasteiger partial charge in [0.2, 0.25) is 5.91 Å². The Labute approximate surface area is 155 Å². The molecule has 0 atom stereocenters. The summed E-state index contributed by atoms with van der Waals surface area (Å²) in [6.45, 7) is 5.25. The molecule has 1 amide bonds. The number of hydrogen-bond acceptors (Lipinski definition) is 4. The van der Waals surface area contributed by atoms with Gasteiger partial charge in [-0.25, -0.2) is 0 Å². The monoisotopic (exact) mass is 437 g/mol. The molecule has 0 aliphatic heterocycles. The highest BCUT2D eigenvalue weighted by molar-refractivity contribution is 14.0. The van der Waals surface area contributed by atoms with E-state index in [4.69, 9.17) is 4.52 Å². The van der Waals surface area contributed by atoms with Crippen LogP contribution in [0.15, 0.2) is 9.52 Å². The highest BCUT2D eigenvalue weighted by atomic mass is 127. The van der Waals surface area contributed by atoms with Crippen molar-refractivity contribution in [3.63, 3.8) is 0 Å². The van der Waals surface area contributed by atoms with Gasteiger partial charge in [-0.05, 0) is 6.42 Å². The van der Waals surface area contributed by atoms with Gasteiger partial charge in [0.1, 0.15) is 5.76 Å². The minimum Gasteiger partial charge on any atom is -0.361 e. The molecule has 0 saturated carbocycles. The van der Waals surface area contributed by atoms with E-state index in [9.17, 15) is 4.79 Å². The molecule has 8 heteroatoms. The van der Waals surface area contributed by atoms with Gasteiger partial charge >= 0.3 is 0 Å². The van der Waals surface area contributed by atoms with Crippen LogP contribution in [-0.2, 0) is 24.2 Å². The van der Waals surface area contributed by atoms with Gasteiger partial charge in [-0.2, -0.15) is 0 Å². The molecule has 1 rings (SSSR count). The lowest BCUT2D eigenvalue weighted by Gasteiger charge is -2.13. The molecule has 0 aliphatic carbocycles. The van der Waals surface area contributed by atoms with Gasteiger partial charge in [0.15, 0.2) is 5.96 Å². The summed E-state index contributed by atoms with van der Waals surface area (Å²) in [6, 6.07) is 0. The van der Waals surface area contributed by atoms with Crippen LogP contribution < -0.4 is 10.6 Å². The largest absolute Gasteiger partial charge is 0.361 e. The predicted octanol–water partition coefficient (Wildman–Crippen LogP) is 1.56. The van der Waals surface area contributed by atoms with Gasteiger partial charge in [0.25, 0.3) is 0 Å². The molecule has 1 heterocycles. The Balaban J connectivity index is 0.00000484. The highest BCUT2D eigenvalue weighted by Crippen LogP contribution is 2.15. The van der Waals surface area contributed by atoms with Crippen LogP contribution in [0, 0.1) is 0 Å². The van der Waals surface area contributed by atoms with Crippen LogP contribution in [0.25, 0.3) is 0 Å². The van der Waals surface area contributed by atoms with Crippen molar-refractivity contribution in [2.24, 2.45) is 4.99 Å². The highest BCUT2D eigenvalue weighted by Gasteiger charge is 2.13. The van der Waals surface area contributed by atoms with Crippen molar-refractivity contribution in [3.05, 3.63) is 17.0 Å². The van der Waals surface area contributed by atoms with Gasteiger partial charge in [-0.1, -0.05) is 19.0 Å². The second kappa shape index (κ2) is 11.3. The molecular weight excluding hydrogens is 409 g/mol. The van der Waals surface area contributed by atoms with Crippen molar-refractivity contribution in [3.8, 4) is 0 Å². The number of halogens is 1. The number of aromatic nitrogens is 1. The van der Waals surface area contributed by atoms with Crippen molar-refractivity contribution in [2.45, 2.75) is 39.7 Å². The van der Waals surface area contributed by atoms with Gasteiger partial charge in [-0.15, -0.1) is 24.0 Å². The number of carbonyl (C=O) groups excluding carboxylic acids is 1. The van der Waals surface area contributed by atoms with Crippen molar-refractivity contribution in [2.75, 3.05) is 27.7 Å². The second-order valence-corrected chi connectivity index (χ2v) is 5.13. The van der Waals surface area contributed by atoms with Crippen molar-refractivity contribution >= 4 is 35.8 Å². The predicted molar refractivity (Wildman–Crippen MR) is 102 cm³/mol. The number of nitrogens with one attached hydrogen (secondary N) is 2. The zero-order valence-corrected chi connectivity index (χ0v) is 16.9. The van der Waals surface area contributed by atoms with Gasteiger partial charge < -0.3 is 20.1 Å². The van der Waals surface area contributed by atoms with E-state index in [0.717, 1.165) is 29.9 Å². The summed E-state index contributed by atoms with van der Waals surface area (Å²) in [5.74, 6) is 1.66. The molecule has 7 nitrogen and oxygen atoms in total. The van der Waals surface area contributed by atoms with Crippen LogP contribution in [0.1, 0.15) is 37.3 Å². The Hall–Kier alpha value is -1.32. The first-order valence-electron chi connectivity index (χ1n) is 7.64. The van der Waals surface area contributed by atoms with Gasteiger partial charge in [-0.3, -0.25) is 9.79 Å². The number of hydrogen-bond donors (Lipinski definition) is 2. The summed E-state index contributed by atoms with van der Waals surface area (Å²) in [5, 5.41) is 10.5. The molecule has 132 valence electrons. The van der Waals surface area contributed by atoms with E-state index in [1.165, 1.54) is 0 Å². The van der Waals surface area contributed by atoms with Crippen LogP contribution in [0.2, 0.25) is 0 Å². The van der Waals surface area contributed by atoms with Crippen LogP contribution in [0.3, 0.4) is 0 Å². The normalized spacial score (nSPS) is 10.9. The van der Waals surface area contributed by atoms with Crippen molar-refractivity contribution < 1.29 is 9.32 Å². The summed E-state index contributed by atoms with van der Waals surface area (Å²) in [5.41, 5.74) is 2.07. The lowest BCUT2D eigenvalue weighted by atomic mass is 10.1. The lowest BCUT2D eigenvalue weighted by Crippen LogP contribution is -2.39. The molecule has 0 spiro atoms. The van der Waals surface area contributed by atoms with E-state index in [2.05, 4.69) is 27.7 Å². The number of carbonyl (C=O) groups is 1. The Kier molecular flexibility index (Phi) is 10.6. The number of nitrogens with zero attached hydrogens (tertiary/aromatic N) is 3. The van der Waals surface area contributed by atoms with Crippen molar-refractivity contribution in [1.82, 2.24) is 20.7 Å². The van der Waals surface area contributed by atoms with E-state index >= 15 is 0 Å². The SMILES string of the molecule is CCc1noc(CC)c1CNC(=NC)NCCC(=O)N(C)C.I. The van der Waals surface area contributed by atoms with Crippen LogP contribution in [0.4, 0.5) is 0 Å². The Bertz CT molecular complexity index is 492. The van der Waals surface area contributed by atoms with Crippen molar-refractivity contribution in [1.29, 1.82) is 0 Å². The minimum absolute atomic E-state index is 0. The third kappa shape index (κ3) is 6.76. The van der Waals surface area contributed by atoms with E-state index in [0.29, 0.717) is 25.5 Å². The summed E-state index contributed by atoms with van der Waals surface area (Å²) >= 11 is 0. The van der Waals surface area contributed by atoms with E-state index in [1.807, 2.05) is 6.92 Å². The molecule has 0 aromatic carbocycles. The third-order valence-electron chi connectivity index (χ3n) is 3.39. The molecule has 0 saturated heterocycles. The average Bonchev–Trinajstić information content (AvgIpc) is 2.92. The number of aryl methyl sites for hydroxylation is 2. The topological polar surface area (TPSA) is 82.8 Å². The number of rotatable bonds is 7. The van der Waals surface area contributed by atoms with Gasteiger partial charge in [0, 0.05) is 52.6 Å². The summed E-state index contributed by atoms with van der Waals surface area (Å²) in [7, 11) is 5.21. The first-order valence-corrected chi connectivity index (χ1v) is 7.64. The van der Waals surface area contributed by atoms with Crippen LogP contribution >= 0.6 is 24.0 Å². The molecule has 0 unspecified atom stereocenters. The third-order valence-corrected chi connectivity index (χ3v) is 3.39. The molecule has 0 aliphatic rings. The first-order chi connectivity index (χ1) is 10.5. The number of amides is 1. The molecule has 2 N–H and O–H groups in total. The Morgan fingerprint density at radius 3 is 2.48 bits per heavy atom. The smallest absolute Gasteiger partial charge is 0.223 e. The molecule has 0 radical (unpaired) electrons.